The minimum Gasteiger partial charge on any atom is -0.145 e. The molecule has 2 aromatic carbocycles. The van der Waals surface area contributed by atoms with Crippen LogP contribution in [-0.4, -0.2) is 0 Å². The first-order valence-corrected chi connectivity index (χ1v) is 17.9. The molecule has 1 atom stereocenters. The van der Waals surface area contributed by atoms with Crippen molar-refractivity contribution in [2.45, 2.75) is 27.7 Å². The Bertz CT molecular complexity index is 1860. The Hall–Kier alpha value is -1.85. The molecule has 0 nitrogen and oxygen atoms in total. The topological polar surface area (TPSA) is 0 Å². The van der Waals surface area contributed by atoms with Gasteiger partial charge in [0.1, 0.15) is 0 Å². The van der Waals surface area contributed by atoms with Gasteiger partial charge in [0, 0.05) is 62.6 Å². The van der Waals surface area contributed by atoms with E-state index in [1.54, 1.807) is 0 Å². The first kappa shape index (κ1) is 23.3. The van der Waals surface area contributed by atoms with E-state index in [4.69, 9.17) is 11.8 Å². The maximum atomic E-state index is 6.80. The lowest BCUT2D eigenvalue weighted by molar-refractivity contribution is 1.58. The van der Waals surface area contributed by atoms with E-state index in [0.29, 0.717) is 0 Å². The standard InChI is InChI=1S/C30H23PS5/c1-16-14-22(18(3)33-16)25-27(23-15-17(2)34-19(23)4)35-30-26-28(36-29(25)30)21-12-8-9-13-24(21)31(26,32)20-10-6-5-7-11-20/h5-15H,1-4H3. The summed E-state index contributed by atoms with van der Waals surface area (Å²) >= 11 is 14.6. The van der Waals surface area contributed by atoms with Gasteiger partial charge in [0.05, 0.1) is 9.40 Å². The van der Waals surface area contributed by atoms with Gasteiger partial charge in [-0.25, -0.2) is 0 Å². The van der Waals surface area contributed by atoms with Crippen LogP contribution in [0.4, 0.5) is 0 Å². The second-order valence-corrected chi connectivity index (χ2v) is 18.6. The molecule has 0 spiro atoms. The van der Waals surface area contributed by atoms with Crippen LogP contribution in [0, 0.1) is 27.7 Å². The molecule has 1 aliphatic heterocycles. The second kappa shape index (κ2) is 8.33. The molecule has 0 N–H and O–H groups in total. The molecule has 5 heterocycles. The van der Waals surface area contributed by atoms with Crippen LogP contribution in [0.2, 0.25) is 0 Å². The summed E-state index contributed by atoms with van der Waals surface area (Å²) in [5.41, 5.74) is 5.55. The molecular weight excluding hydrogens is 552 g/mol. The zero-order chi connectivity index (χ0) is 24.8. The Morgan fingerprint density at radius 2 is 1.22 bits per heavy atom. The highest BCUT2D eigenvalue weighted by atomic mass is 32.4. The van der Waals surface area contributed by atoms with Crippen LogP contribution in [0.1, 0.15) is 19.5 Å². The van der Waals surface area contributed by atoms with Gasteiger partial charge in [-0.1, -0.05) is 66.4 Å². The van der Waals surface area contributed by atoms with Gasteiger partial charge in [0.2, 0.25) is 0 Å². The molecule has 0 fully saturated rings. The third-order valence-electron chi connectivity index (χ3n) is 7.02. The average molecular weight is 575 g/mol. The number of fused-ring (bicyclic) bond motifs is 5. The highest BCUT2D eigenvalue weighted by molar-refractivity contribution is 8.26. The summed E-state index contributed by atoms with van der Waals surface area (Å²) in [5, 5.41) is 4.08. The molecule has 0 amide bonds. The Morgan fingerprint density at radius 1 is 0.611 bits per heavy atom. The minimum absolute atomic E-state index is 1.30. The van der Waals surface area contributed by atoms with Crippen LogP contribution < -0.4 is 15.9 Å². The van der Waals surface area contributed by atoms with Crippen molar-refractivity contribution in [3.63, 3.8) is 0 Å². The predicted octanol–water partition coefficient (Wildman–Crippen LogP) is 9.39. The van der Waals surface area contributed by atoms with Crippen LogP contribution in [0.5, 0.6) is 0 Å². The van der Waals surface area contributed by atoms with Crippen LogP contribution in [-0.2, 0) is 11.8 Å². The van der Waals surface area contributed by atoms with Crippen molar-refractivity contribution < 1.29 is 0 Å². The zero-order valence-electron chi connectivity index (χ0n) is 20.3. The number of thiophene rings is 4. The first-order valence-electron chi connectivity index (χ1n) is 11.9. The summed E-state index contributed by atoms with van der Waals surface area (Å²) in [5.74, 6) is 0. The van der Waals surface area contributed by atoms with Gasteiger partial charge in [-0.05, 0) is 50.7 Å². The Morgan fingerprint density at radius 3 is 1.89 bits per heavy atom. The van der Waals surface area contributed by atoms with Gasteiger partial charge >= 0.3 is 0 Å². The molecule has 1 unspecified atom stereocenters. The van der Waals surface area contributed by atoms with Crippen LogP contribution in [0.15, 0.2) is 66.7 Å². The van der Waals surface area contributed by atoms with E-state index >= 15 is 0 Å². The van der Waals surface area contributed by atoms with Gasteiger partial charge in [0.15, 0.2) is 0 Å². The molecular formula is C30H23PS5. The lowest BCUT2D eigenvalue weighted by atomic mass is 10.0. The highest BCUT2D eigenvalue weighted by Gasteiger charge is 2.41. The summed E-state index contributed by atoms with van der Waals surface area (Å²) in [4.78, 5) is 8.34. The Balaban J connectivity index is 1.63. The van der Waals surface area contributed by atoms with E-state index < -0.39 is 6.04 Å². The number of hydrogen-bond acceptors (Lipinski definition) is 5. The lowest BCUT2D eigenvalue weighted by Crippen LogP contribution is -2.19. The van der Waals surface area contributed by atoms with Crippen LogP contribution >= 0.6 is 51.4 Å². The number of hydrogen-bond donors (Lipinski definition) is 0. The maximum Gasteiger partial charge on any atom is 0.0561 e. The fourth-order valence-electron chi connectivity index (χ4n) is 5.53. The molecule has 1 aliphatic rings. The molecule has 0 saturated heterocycles. The molecule has 4 aromatic heterocycles. The summed E-state index contributed by atoms with van der Waals surface area (Å²) in [6.45, 7) is 8.99. The molecule has 7 rings (SSSR count). The quantitative estimate of drug-likeness (QED) is 0.190. The van der Waals surface area contributed by atoms with E-state index in [-0.39, 0.29) is 0 Å². The van der Waals surface area contributed by atoms with E-state index in [2.05, 4.69) is 94.4 Å². The van der Waals surface area contributed by atoms with Crippen LogP contribution in [0.25, 0.3) is 41.4 Å². The van der Waals surface area contributed by atoms with E-state index in [1.807, 2.05) is 45.3 Å². The van der Waals surface area contributed by atoms with Gasteiger partial charge < -0.3 is 0 Å². The third-order valence-corrected chi connectivity index (χ3v) is 16.8. The molecule has 0 bridgehead atoms. The van der Waals surface area contributed by atoms with Crippen molar-refractivity contribution in [2.75, 3.05) is 0 Å². The fourth-order valence-corrected chi connectivity index (χ4v) is 16.2. The van der Waals surface area contributed by atoms with E-state index in [9.17, 15) is 0 Å². The highest BCUT2D eigenvalue weighted by Crippen LogP contribution is 2.61. The number of benzene rings is 2. The van der Waals surface area contributed by atoms with Gasteiger partial charge in [-0.3, -0.25) is 0 Å². The predicted molar refractivity (Wildman–Crippen MR) is 170 cm³/mol. The number of rotatable bonds is 3. The molecule has 178 valence electrons. The maximum absolute atomic E-state index is 6.80. The summed E-state index contributed by atoms with van der Waals surface area (Å²) in [7, 11) is 0. The summed E-state index contributed by atoms with van der Waals surface area (Å²) in [6, 6.07) is 22.4. The minimum atomic E-state index is -2.14. The van der Waals surface area contributed by atoms with Crippen molar-refractivity contribution in [3.8, 4) is 32.0 Å². The second-order valence-electron chi connectivity index (χ2n) is 9.36. The van der Waals surface area contributed by atoms with Gasteiger partial charge in [-0.15, -0.1) is 45.3 Å². The van der Waals surface area contributed by atoms with E-state index in [0.717, 1.165) is 0 Å². The molecule has 36 heavy (non-hydrogen) atoms. The Kier molecular flexibility index (Phi) is 5.38. The zero-order valence-corrected chi connectivity index (χ0v) is 25.3. The normalized spacial score (nSPS) is 16.6. The molecule has 0 radical (unpaired) electrons. The fraction of sp³-hybridized carbons (Fsp3) is 0.133. The Labute approximate surface area is 232 Å². The smallest absolute Gasteiger partial charge is 0.0561 e. The lowest BCUT2D eigenvalue weighted by Gasteiger charge is -2.19. The number of aryl methyl sites for hydroxylation is 4. The van der Waals surface area contributed by atoms with Crippen molar-refractivity contribution in [1.29, 1.82) is 0 Å². The molecule has 0 saturated carbocycles. The molecule has 0 aliphatic carbocycles. The molecule has 6 heteroatoms. The monoisotopic (exact) mass is 574 g/mol. The summed E-state index contributed by atoms with van der Waals surface area (Å²) < 4.78 is 2.83. The van der Waals surface area contributed by atoms with Crippen molar-refractivity contribution in [2.24, 2.45) is 0 Å². The van der Waals surface area contributed by atoms with Gasteiger partial charge in [-0.2, -0.15) is 0 Å². The van der Waals surface area contributed by atoms with E-state index in [1.165, 1.54) is 76.8 Å². The molecule has 6 aromatic rings. The largest absolute Gasteiger partial charge is 0.145 e. The average Bonchev–Trinajstić information content (AvgIpc) is 3.63. The summed E-state index contributed by atoms with van der Waals surface area (Å²) in [6.07, 6.45) is 0. The van der Waals surface area contributed by atoms with Gasteiger partial charge in [0.25, 0.3) is 0 Å². The third kappa shape index (κ3) is 3.17. The first-order chi connectivity index (χ1) is 17.4. The van der Waals surface area contributed by atoms with Crippen molar-refractivity contribution in [3.05, 3.63) is 86.2 Å². The van der Waals surface area contributed by atoms with Crippen molar-refractivity contribution >= 4 is 88.5 Å². The SMILES string of the molecule is Cc1cc(-c2sc3c4c(sc3c2-c2cc(C)sc2C)-c2ccccc2P4(=S)c2ccccc2)c(C)s1. The van der Waals surface area contributed by atoms with Crippen molar-refractivity contribution in [1.82, 2.24) is 0 Å². The van der Waals surface area contributed by atoms with Crippen LogP contribution in [0.3, 0.4) is 0 Å².